The number of alkyl halides is 2. The number of nitrogens with zero attached hydrogens (tertiary/aromatic N) is 2. The summed E-state index contributed by atoms with van der Waals surface area (Å²) in [6.07, 6.45) is -1.72. The zero-order valence-corrected chi connectivity index (χ0v) is 6.89. The normalized spacial score (nSPS) is 27.9. The van der Waals surface area contributed by atoms with Gasteiger partial charge in [-0.05, 0) is 6.42 Å². The molecule has 1 aromatic rings. The number of hydrogen-bond acceptors (Lipinski definition) is 4. The van der Waals surface area contributed by atoms with Gasteiger partial charge < -0.3 is 5.73 Å². The average Bonchev–Trinajstić information content (AvgIpc) is 2.70. The number of halogens is 2. The van der Waals surface area contributed by atoms with Crippen LogP contribution in [-0.2, 0) is 0 Å². The van der Waals surface area contributed by atoms with Crippen LogP contribution < -0.4 is 5.73 Å². The van der Waals surface area contributed by atoms with E-state index in [1.54, 1.807) is 0 Å². The van der Waals surface area contributed by atoms with Gasteiger partial charge in [-0.25, -0.2) is 8.78 Å². The first-order chi connectivity index (χ1) is 5.68. The minimum absolute atomic E-state index is 0.0974. The molecule has 3 nitrogen and oxygen atoms in total. The standard InChI is InChI=1S/C6H7F2N3S/c7-4(8)2-1-3(2)5-10-11-6(9)12-5/h2-4H,1H2,(H2,9,11). The van der Waals surface area contributed by atoms with Crippen molar-refractivity contribution in [2.75, 3.05) is 5.73 Å². The summed E-state index contributed by atoms with van der Waals surface area (Å²) in [5.74, 6) is -0.614. The lowest BCUT2D eigenvalue weighted by Crippen LogP contribution is -1.94. The number of anilines is 1. The topological polar surface area (TPSA) is 51.8 Å². The van der Waals surface area contributed by atoms with Crippen LogP contribution in [0.2, 0.25) is 0 Å². The van der Waals surface area contributed by atoms with Gasteiger partial charge in [-0.2, -0.15) is 0 Å². The summed E-state index contributed by atoms with van der Waals surface area (Å²) >= 11 is 1.20. The number of hydrogen-bond donors (Lipinski definition) is 1. The lowest BCUT2D eigenvalue weighted by Gasteiger charge is -1.92. The van der Waals surface area contributed by atoms with Crippen LogP contribution in [0.4, 0.5) is 13.9 Å². The van der Waals surface area contributed by atoms with Crippen molar-refractivity contribution in [3.05, 3.63) is 5.01 Å². The molecule has 6 heteroatoms. The molecule has 1 aromatic heterocycles. The Kier molecular flexibility index (Phi) is 1.71. The highest BCUT2D eigenvalue weighted by atomic mass is 32.1. The molecule has 1 fully saturated rings. The van der Waals surface area contributed by atoms with Crippen LogP contribution in [0.25, 0.3) is 0 Å². The fraction of sp³-hybridized carbons (Fsp3) is 0.667. The monoisotopic (exact) mass is 191 g/mol. The van der Waals surface area contributed by atoms with Crippen LogP contribution in [-0.4, -0.2) is 16.6 Å². The Labute approximate surface area is 71.6 Å². The van der Waals surface area contributed by atoms with E-state index in [-0.39, 0.29) is 5.92 Å². The van der Waals surface area contributed by atoms with Crippen LogP contribution in [0.1, 0.15) is 17.3 Å². The van der Waals surface area contributed by atoms with Gasteiger partial charge in [-0.3, -0.25) is 0 Å². The Morgan fingerprint density at radius 3 is 2.67 bits per heavy atom. The molecule has 0 bridgehead atoms. The van der Waals surface area contributed by atoms with Crippen molar-refractivity contribution in [1.29, 1.82) is 0 Å². The molecular formula is C6H7F2N3S. The molecule has 2 rings (SSSR count). The second kappa shape index (κ2) is 2.62. The third-order valence-electron chi connectivity index (χ3n) is 1.94. The zero-order valence-electron chi connectivity index (χ0n) is 6.08. The van der Waals surface area contributed by atoms with Gasteiger partial charge in [0.05, 0.1) is 0 Å². The zero-order chi connectivity index (χ0) is 8.72. The first kappa shape index (κ1) is 7.85. The minimum Gasteiger partial charge on any atom is -0.374 e. The minimum atomic E-state index is -2.24. The Bertz CT molecular complexity index is 288. The van der Waals surface area contributed by atoms with E-state index in [9.17, 15) is 8.78 Å². The van der Waals surface area contributed by atoms with Crippen molar-refractivity contribution in [1.82, 2.24) is 10.2 Å². The van der Waals surface area contributed by atoms with Gasteiger partial charge in [-0.1, -0.05) is 11.3 Å². The van der Waals surface area contributed by atoms with Gasteiger partial charge in [0.2, 0.25) is 11.6 Å². The molecule has 0 spiro atoms. The molecule has 12 heavy (non-hydrogen) atoms. The first-order valence-electron chi connectivity index (χ1n) is 3.55. The highest BCUT2D eigenvalue weighted by Crippen LogP contribution is 2.51. The van der Waals surface area contributed by atoms with Crippen molar-refractivity contribution in [3.63, 3.8) is 0 Å². The van der Waals surface area contributed by atoms with Gasteiger partial charge in [0.15, 0.2) is 0 Å². The van der Waals surface area contributed by atoms with E-state index in [0.29, 0.717) is 16.6 Å². The maximum atomic E-state index is 12.1. The van der Waals surface area contributed by atoms with Crippen LogP contribution in [0.15, 0.2) is 0 Å². The highest BCUT2D eigenvalue weighted by molar-refractivity contribution is 7.15. The number of nitrogen functional groups attached to an aromatic ring is 1. The largest absolute Gasteiger partial charge is 0.374 e. The predicted octanol–water partition coefficient (Wildman–Crippen LogP) is 1.49. The molecule has 0 aromatic carbocycles. The van der Waals surface area contributed by atoms with Crippen LogP contribution >= 0.6 is 11.3 Å². The van der Waals surface area contributed by atoms with Crippen molar-refractivity contribution in [2.45, 2.75) is 18.8 Å². The molecule has 0 amide bonds. The second-order valence-electron chi connectivity index (χ2n) is 2.82. The SMILES string of the molecule is Nc1nnc(C2CC2C(F)F)s1. The van der Waals surface area contributed by atoms with Crippen molar-refractivity contribution >= 4 is 16.5 Å². The van der Waals surface area contributed by atoms with Gasteiger partial charge in [-0.15, -0.1) is 10.2 Å². The molecule has 0 saturated heterocycles. The third-order valence-corrected chi connectivity index (χ3v) is 2.82. The molecule has 2 atom stereocenters. The van der Waals surface area contributed by atoms with E-state index in [2.05, 4.69) is 10.2 Å². The predicted molar refractivity (Wildman–Crippen MR) is 41.2 cm³/mol. The smallest absolute Gasteiger partial charge is 0.242 e. The number of rotatable bonds is 2. The molecular weight excluding hydrogens is 184 g/mol. The Morgan fingerprint density at radius 1 is 1.50 bits per heavy atom. The molecule has 2 unspecified atom stereocenters. The quantitative estimate of drug-likeness (QED) is 0.770. The summed E-state index contributed by atoms with van der Waals surface area (Å²) in [6, 6.07) is 0. The van der Waals surface area contributed by atoms with Gasteiger partial charge in [0.25, 0.3) is 0 Å². The summed E-state index contributed by atoms with van der Waals surface area (Å²) in [4.78, 5) is 0. The Balaban J connectivity index is 2.05. The maximum absolute atomic E-state index is 12.1. The molecule has 1 aliphatic rings. The summed E-state index contributed by atoms with van der Waals surface area (Å²) in [5.41, 5.74) is 5.32. The third kappa shape index (κ3) is 1.26. The average molecular weight is 191 g/mol. The molecule has 0 aliphatic heterocycles. The number of aromatic nitrogens is 2. The van der Waals surface area contributed by atoms with Crippen molar-refractivity contribution in [2.24, 2.45) is 5.92 Å². The van der Waals surface area contributed by atoms with Crippen LogP contribution in [0.5, 0.6) is 0 Å². The number of nitrogens with two attached hydrogens (primary N) is 1. The fourth-order valence-corrected chi connectivity index (χ4v) is 1.97. The second-order valence-corrected chi connectivity index (χ2v) is 3.86. The summed E-state index contributed by atoms with van der Waals surface area (Å²) in [7, 11) is 0. The molecule has 2 N–H and O–H groups in total. The van der Waals surface area contributed by atoms with Crippen LogP contribution in [0.3, 0.4) is 0 Å². The molecule has 1 saturated carbocycles. The lowest BCUT2D eigenvalue weighted by molar-refractivity contribution is 0.120. The van der Waals surface area contributed by atoms with E-state index in [0.717, 1.165) is 0 Å². The van der Waals surface area contributed by atoms with E-state index >= 15 is 0 Å². The summed E-state index contributed by atoms with van der Waals surface area (Å²) in [5, 5.41) is 8.30. The highest BCUT2D eigenvalue weighted by Gasteiger charge is 2.47. The fourth-order valence-electron chi connectivity index (χ4n) is 1.17. The van der Waals surface area contributed by atoms with E-state index < -0.39 is 12.3 Å². The lowest BCUT2D eigenvalue weighted by atomic mass is 10.3. The van der Waals surface area contributed by atoms with Gasteiger partial charge in [0.1, 0.15) is 5.01 Å². The molecule has 66 valence electrons. The molecule has 0 radical (unpaired) electrons. The molecule has 1 aliphatic carbocycles. The molecule has 1 heterocycles. The first-order valence-corrected chi connectivity index (χ1v) is 4.37. The summed E-state index contributed by atoms with van der Waals surface area (Å²) < 4.78 is 24.2. The van der Waals surface area contributed by atoms with E-state index in [1.807, 2.05) is 0 Å². The maximum Gasteiger partial charge on any atom is 0.242 e. The van der Waals surface area contributed by atoms with E-state index in [1.165, 1.54) is 11.3 Å². The van der Waals surface area contributed by atoms with Crippen LogP contribution in [0, 0.1) is 5.92 Å². The van der Waals surface area contributed by atoms with Crippen molar-refractivity contribution < 1.29 is 8.78 Å². The Hall–Kier alpha value is -0.780. The Morgan fingerprint density at radius 2 is 2.25 bits per heavy atom. The van der Waals surface area contributed by atoms with Gasteiger partial charge >= 0.3 is 0 Å². The van der Waals surface area contributed by atoms with E-state index in [4.69, 9.17) is 5.73 Å². The van der Waals surface area contributed by atoms with Gasteiger partial charge in [0, 0.05) is 11.8 Å². The van der Waals surface area contributed by atoms with Crippen molar-refractivity contribution in [3.8, 4) is 0 Å². The summed E-state index contributed by atoms with van der Waals surface area (Å²) in [6.45, 7) is 0.